The molecule has 0 atom stereocenters. The number of unbranched alkanes of at least 4 members (excludes halogenated alkanes) is 1. The van der Waals surface area contributed by atoms with Crippen LogP contribution in [0.25, 0.3) is 0 Å². The summed E-state index contributed by atoms with van der Waals surface area (Å²) in [4.78, 5) is 10.6. The Labute approximate surface area is 137 Å². The van der Waals surface area contributed by atoms with Crippen LogP contribution in [0.5, 0.6) is 0 Å². The van der Waals surface area contributed by atoms with Gasteiger partial charge in [0.1, 0.15) is 0 Å². The zero-order valence-electron chi connectivity index (χ0n) is 14.6. The average Bonchev–Trinajstić information content (AvgIpc) is 2.54. The molecule has 0 aromatic heterocycles. The van der Waals surface area contributed by atoms with Gasteiger partial charge >= 0.3 is 5.97 Å². The van der Waals surface area contributed by atoms with Gasteiger partial charge < -0.3 is 5.11 Å². The first kappa shape index (κ1) is 17.8. The van der Waals surface area contributed by atoms with E-state index in [9.17, 15) is 4.79 Å². The average molecular weight is 309 g/mol. The zero-order valence-corrected chi connectivity index (χ0v) is 14.6. The molecule has 2 fully saturated rings. The third kappa shape index (κ3) is 5.93. The number of hydrogen-bond donors (Lipinski definition) is 1. The van der Waals surface area contributed by atoms with E-state index in [0.717, 1.165) is 36.5 Å². The number of carboxylic acid groups (broad SMARTS) is 1. The molecule has 0 spiro atoms. The van der Waals surface area contributed by atoms with E-state index in [-0.39, 0.29) is 0 Å². The number of aliphatic carboxylic acids is 1. The molecule has 2 heteroatoms. The van der Waals surface area contributed by atoms with Crippen LogP contribution in [0.3, 0.4) is 0 Å². The van der Waals surface area contributed by atoms with Crippen LogP contribution < -0.4 is 0 Å². The molecule has 0 heterocycles. The van der Waals surface area contributed by atoms with Crippen molar-refractivity contribution in [3.63, 3.8) is 0 Å². The third-order valence-corrected chi connectivity index (χ3v) is 6.42. The normalized spacial score (nSPS) is 32.8. The van der Waals surface area contributed by atoms with Crippen LogP contribution in [-0.4, -0.2) is 11.1 Å². The fraction of sp³-hybridized carbons (Fsp3) is 0.950. The van der Waals surface area contributed by atoms with Gasteiger partial charge in [-0.3, -0.25) is 4.79 Å². The van der Waals surface area contributed by atoms with Gasteiger partial charge in [0.15, 0.2) is 0 Å². The van der Waals surface area contributed by atoms with Crippen molar-refractivity contribution in [2.75, 3.05) is 0 Å². The van der Waals surface area contributed by atoms with Gasteiger partial charge in [-0.15, -0.1) is 0 Å². The summed E-state index contributed by atoms with van der Waals surface area (Å²) < 4.78 is 0. The Morgan fingerprint density at radius 1 is 0.818 bits per heavy atom. The molecule has 128 valence electrons. The summed E-state index contributed by atoms with van der Waals surface area (Å²) in [6, 6.07) is 0. The van der Waals surface area contributed by atoms with E-state index in [4.69, 9.17) is 5.11 Å². The van der Waals surface area contributed by atoms with E-state index in [1.807, 2.05) is 0 Å². The monoisotopic (exact) mass is 308 g/mol. The van der Waals surface area contributed by atoms with Crippen molar-refractivity contribution >= 4 is 5.97 Å². The molecule has 2 rings (SSSR count). The summed E-state index contributed by atoms with van der Waals surface area (Å²) >= 11 is 0. The van der Waals surface area contributed by atoms with Gasteiger partial charge in [-0.25, -0.2) is 0 Å². The highest BCUT2D eigenvalue weighted by molar-refractivity contribution is 5.66. The summed E-state index contributed by atoms with van der Waals surface area (Å²) in [5.74, 6) is 3.22. The predicted molar refractivity (Wildman–Crippen MR) is 91.9 cm³/mol. The second kappa shape index (κ2) is 9.57. The molecule has 0 amide bonds. The molecular formula is C20H36O2. The number of carboxylic acids is 1. The van der Waals surface area contributed by atoms with Crippen LogP contribution >= 0.6 is 0 Å². The SMILES string of the molecule is CCCCC1CCC(C2CCC(CCCC(=O)O)CC2)CC1. The largest absolute Gasteiger partial charge is 0.481 e. The first-order valence-electron chi connectivity index (χ1n) is 9.90. The lowest BCUT2D eigenvalue weighted by Gasteiger charge is -2.38. The predicted octanol–water partition coefficient (Wildman–Crippen LogP) is 6.04. The smallest absolute Gasteiger partial charge is 0.303 e. The molecule has 2 aliphatic carbocycles. The highest BCUT2D eigenvalue weighted by atomic mass is 16.4. The van der Waals surface area contributed by atoms with Crippen molar-refractivity contribution < 1.29 is 9.90 Å². The van der Waals surface area contributed by atoms with Gasteiger partial charge in [-0.05, 0) is 62.2 Å². The van der Waals surface area contributed by atoms with Gasteiger partial charge in [-0.1, -0.05) is 51.9 Å². The van der Waals surface area contributed by atoms with Crippen molar-refractivity contribution in [2.45, 2.75) is 96.8 Å². The first-order valence-corrected chi connectivity index (χ1v) is 9.90. The third-order valence-electron chi connectivity index (χ3n) is 6.42. The summed E-state index contributed by atoms with van der Waals surface area (Å²) in [5.41, 5.74) is 0. The lowest BCUT2D eigenvalue weighted by atomic mass is 9.68. The maximum atomic E-state index is 10.6. The van der Waals surface area contributed by atoms with Gasteiger partial charge in [0, 0.05) is 6.42 Å². The molecule has 1 N–H and O–H groups in total. The van der Waals surface area contributed by atoms with Crippen LogP contribution in [0.4, 0.5) is 0 Å². The Bertz CT molecular complexity index is 310. The van der Waals surface area contributed by atoms with Crippen molar-refractivity contribution in [1.29, 1.82) is 0 Å². The van der Waals surface area contributed by atoms with Crippen molar-refractivity contribution in [2.24, 2.45) is 23.7 Å². The molecule has 0 unspecified atom stereocenters. The van der Waals surface area contributed by atoms with Gasteiger partial charge in [0.25, 0.3) is 0 Å². The summed E-state index contributed by atoms with van der Waals surface area (Å²) in [5, 5.41) is 8.73. The zero-order chi connectivity index (χ0) is 15.8. The van der Waals surface area contributed by atoms with E-state index >= 15 is 0 Å². The highest BCUT2D eigenvalue weighted by Crippen LogP contribution is 2.43. The minimum absolute atomic E-state index is 0.363. The second-order valence-corrected chi connectivity index (χ2v) is 7.99. The topological polar surface area (TPSA) is 37.3 Å². The maximum Gasteiger partial charge on any atom is 0.303 e. The molecule has 0 aromatic carbocycles. The van der Waals surface area contributed by atoms with E-state index in [1.165, 1.54) is 70.6 Å². The van der Waals surface area contributed by atoms with Crippen molar-refractivity contribution in [1.82, 2.24) is 0 Å². The Morgan fingerprint density at radius 3 is 1.68 bits per heavy atom. The standard InChI is InChI=1S/C20H36O2/c1-2-3-5-16-8-12-18(13-9-16)19-14-10-17(11-15-19)6-4-7-20(21)22/h16-19H,2-15H2,1H3,(H,21,22). The first-order chi connectivity index (χ1) is 10.7. The van der Waals surface area contributed by atoms with Crippen molar-refractivity contribution in [3.8, 4) is 0 Å². The van der Waals surface area contributed by atoms with E-state index in [0.29, 0.717) is 6.42 Å². The highest BCUT2D eigenvalue weighted by Gasteiger charge is 2.30. The Balaban J connectivity index is 1.60. The molecule has 0 bridgehead atoms. The fourth-order valence-electron chi connectivity index (χ4n) is 4.93. The lowest BCUT2D eigenvalue weighted by Crippen LogP contribution is -2.26. The molecule has 2 aliphatic rings. The van der Waals surface area contributed by atoms with Gasteiger partial charge in [0.2, 0.25) is 0 Å². The number of carbonyl (C=O) groups is 1. The number of hydrogen-bond acceptors (Lipinski definition) is 1. The Kier molecular flexibility index (Phi) is 7.75. The molecular weight excluding hydrogens is 272 g/mol. The molecule has 2 nitrogen and oxygen atoms in total. The quantitative estimate of drug-likeness (QED) is 0.593. The summed E-state index contributed by atoms with van der Waals surface area (Å²) in [6.07, 6.45) is 18.2. The van der Waals surface area contributed by atoms with Crippen LogP contribution in [0.2, 0.25) is 0 Å². The van der Waals surface area contributed by atoms with E-state index < -0.39 is 5.97 Å². The molecule has 0 aromatic rings. The van der Waals surface area contributed by atoms with Crippen LogP contribution in [-0.2, 0) is 4.79 Å². The van der Waals surface area contributed by atoms with Gasteiger partial charge in [0.05, 0.1) is 0 Å². The fourth-order valence-corrected chi connectivity index (χ4v) is 4.93. The van der Waals surface area contributed by atoms with Gasteiger partial charge in [-0.2, -0.15) is 0 Å². The molecule has 22 heavy (non-hydrogen) atoms. The maximum absolute atomic E-state index is 10.6. The van der Waals surface area contributed by atoms with E-state index in [2.05, 4.69) is 6.92 Å². The minimum Gasteiger partial charge on any atom is -0.481 e. The van der Waals surface area contributed by atoms with Crippen LogP contribution in [0.1, 0.15) is 96.8 Å². The molecule has 2 saturated carbocycles. The minimum atomic E-state index is -0.631. The Hall–Kier alpha value is -0.530. The van der Waals surface area contributed by atoms with Crippen LogP contribution in [0.15, 0.2) is 0 Å². The Morgan fingerprint density at radius 2 is 1.27 bits per heavy atom. The molecule has 0 radical (unpaired) electrons. The molecule has 0 aliphatic heterocycles. The lowest BCUT2D eigenvalue weighted by molar-refractivity contribution is -0.137. The molecule has 0 saturated heterocycles. The summed E-state index contributed by atoms with van der Waals surface area (Å²) in [6.45, 7) is 2.31. The van der Waals surface area contributed by atoms with Crippen LogP contribution in [0, 0.1) is 23.7 Å². The van der Waals surface area contributed by atoms with E-state index in [1.54, 1.807) is 0 Å². The summed E-state index contributed by atoms with van der Waals surface area (Å²) in [7, 11) is 0. The second-order valence-electron chi connectivity index (χ2n) is 7.99. The van der Waals surface area contributed by atoms with Crippen molar-refractivity contribution in [3.05, 3.63) is 0 Å². The number of rotatable bonds is 8.